The first kappa shape index (κ1) is 10.6. The molecule has 0 amide bonds. The molecule has 0 radical (unpaired) electrons. The minimum atomic E-state index is 0.226. The SMILES string of the molecule is [C-]#[N+]c1c(C)nn(C(C)C(C)C)c1N. The third kappa shape index (κ3) is 1.58. The van der Waals surface area contributed by atoms with E-state index in [0.29, 0.717) is 23.1 Å². The summed E-state index contributed by atoms with van der Waals surface area (Å²) in [4.78, 5) is 3.37. The number of hydrogen-bond acceptors (Lipinski definition) is 2. The van der Waals surface area contributed by atoms with Gasteiger partial charge in [-0.05, 0) is 19.8 Å². The molecular weight excluding hydrogens is 176 g/mol. The minimum Gasteiger partial charge on any atom is -0.393 e. The van der Waals surface area contributed by atoms with E-state index in [4.69, 9.17) is 12.3 Å². The van der Waals surface area contributed by atoms with Crippen LogP contribution in [0.5, 0.6) is 0 Å². The summed E-state index contributed by atoms with van der Waals surface area (Å²) in [5.41, 5.74) is 7.04. The van der Waals surface area contributed by atoms with Crippen molar-refractivity contribution >= 4 is 11.5 Å². The van der Waals surface area contributed by atoms with Crippen molar-refractivity contribution in [3.8, 4) is 0 Å². The monoisotopic (exact) mass is 192 g/mol. The summed E-state index contributed by atoms with van der Waals surface area (Å²) in [5.74, 6) is 0.939. The van der Waals surface area contributed by atoms with Gasteiger partial charge in [-0.3, -0.25) is 4.68 Å². The topological polar surface area (TPSA) is 48.2 Å². The Morgan fingerprint density at radius 1 is 1.43 bits per heavy atom. The number of nitrogens with two attached hydrogens (primary N) is 1. The van der Waals surface area contributed by atoms with Gasteiger partial charge in [0.05, 0.1) is 18.3 Å². The Balaban J connectivity index is 3.19. The molecule has 1 aromatic rings. The van der Waals surface area contributed by atoms with Gasteiger partial charge in [-0.25, -0.2) is 4.85 Å². The van der Waals surface area contributed by atoms with Crippen molar-refractivity contribution in [3.63, 3.8) is 0 Å². The van der Waals surface area contributed by atoms with Gasteiger partial charge in [-0.2, -0.15) is 5.10 Å². The zero-order valence-electron chi connectivity index (χ0n) is 9.07. The van der Waals surface area contributed by atoms with Gasteiger partial charge in [0.15, 0.2) is 0 Å². The lowest BCUT2D eigenvalue weighted by atomic mass is 10.1. The number of aromatic nitrogens is 2. The van der Waals surface area contributed by atoms with Crippen molar-refractivity contribution in [2.45, 2.75) is 33.7 Å². The second kappa shape index (κ2) is 3.70. The highest BCUT2D eigenvalue weighted by molar-refractivity contribution is 5.66. The lowest BCUT2D eigenvalue weighted by Crippen LogP contribution is -2.15. The molecule has 0 aliphatic heterocycles. The fraction of sp³-hybridized carbons (Fsp3) is 0.600. The number of nitrogens with zero attached hydrogens (tertiary/aromatic N) is 3. The number of anilines is 1. The molecule has 1 rings (SSSR count). The smallest absolute Gasteiger partial charge is 0.249 e. The van der Waals surface area contributed by atoms with E-state index in [0.717, 1.165) is 0 Å². The largest absolute Gasteiger partial charge is 0.393 e. The number of aryl methyl sites for hydroxylation is 1. The van der Waals surface area contributed by atoms with Crippen LogP contribution in [0.25, 0.3) is 4.85 Å². The van der Waals surface area contributed by atoms with Crippen LogP contribution in [0, 0.1) is 19.4 Å². The van der Waals surface area contributed by atoms with Crippen molar-refractivity contribution in [3.05, 3.63) is 17.1 Å². The molecule has 0 saturated carbocycles. The van der Waals surface area contributed by atoms with Gasteiger partial charge in [0.2, 0.25) is 5.69 Å². The van der Waals surface area contributed by atoms with Gasteiger partial charge in [0, 0.05) is 0 Å². The summed E-state index contributed by atoms with van der Waals surface area (Å²) >= 11 is 0. The Hall–Kier alpha value is -1.50. The summed E-state index contributed by atoms with van der Waals surface area (Å²) in [6.07, 6.45) is 0. The molecule has 14 heavy (non-hydrogen) atoms. The summed E-state index contributed by atoms with van der Waals surface area (Å²) < 4.78 is 1.74. The van der Waals surface area contributed by atoms with E-state index in [2.05, 4.69) is 30.7 Å². The first-order valence-electron chi connectivity index (χ1n) is 4.71. The van der Waals surface area contributed by atoms with Crippen LogP contribution in [0.1, 0.15) is 32.5 Å². The lowest BCUT2D eigenvalue weighted by molar-refractivity contribution is 0.379. The van der Waals surface area contributed by atoms with Gasteiger partial charge in [0.1, 0.15) is 5.82 Å². The second-order valence-electron chi connectivity index (χ2n) is 3.86. The van der Waals surface area contributed by atoms with E-state index in [1.54, 1.807) is 4.68 Å². The van der Waals surface area contributed by atoms with E-state index in [-0.39, 0.29) is 6.04 Å². The van der Waals surface area contributed by atoms with E-state index in [1.165, 1.54) is 0 Å². The first-order chi connectivity index (χ1) is 6.49. The highest BCUT2D eigenvalue weighted by atomic mass is 15.3. The van der Waals surface area contributed by atoms with Crippen LogP contribution < -0.4 is 5.73 Å². The van der Waals surface area contributed by atoms with Crippen LogP contribution in [0.4, 0.5) is 11.5 Å². The number of rotatable bonds is 2. The molecule has 0 aromatic carbocycles. The summed E-state index contributed by atoms with van der Waals surface area (Å²) in [6, 6.07) is 0.226. The van der Waals surface area contributed by atoms with Crippen LogP contribution in [0.3, 0.4) is 0 Å². The first-order valence-corrected chi connectivity index (χ1v) is 4.71. The normalized spacial score (nSPS) is 12.9. The molecule has 0 spiro atoms. The van der Waals surface area contributed by atoms with Gasteiger partial charge in [-0.1, -0.05) is 13.8 Å². The highest BCUT2D eigenvalue weighted by Crippen LogP contribution is 2.30. The molecule has 2 N–H and O–H groups in total. The maximum atomic E-state index is 6.98. The van der Waals surface area contributed by atoms with Crippen molar-refractivity contribution in [2.24, 2.45) is 5.92 Å². The average molecular weight is 192 g/mol. The molecule has 0 bridgehead atoms. The molecule has 1 unspecified atom stereocenters. The number of hydrogen-bond donors (Lipinski definition) is 1. The predicted molar refractivity (Wildman–Crippen MR) is 57.2 cm³/mol. The van der Waals surface area contributed by atoms with Crippen LogP contribution in [-0.4, -0.2) is 9.78 Å². The van der Waals surface area contributed by atoms with Crippen molar-refractivity contribution in [2.75, 3.05) is 5.73 Å². The van der Waals surface area contributed by atoms with Crippen LogP contribution in [-0.2, 0) is 0 Å². The third-order valence-corrected chi connectivity index (χ3v) is 2.55. The fourth-order valence-corrected chi connectivity index (χ4v) is 1.29. The minimum absolute atomic E-state index is 0.226. The Morgan fingerprint density at radius 3 is 2.36 bits per heavy atom. The standard InChI is InChI=1S/C10H16N4/c1-6(2)8(4)14-10(11)9(12-5)7(3)13-14/h6,8H,11H2,1-4H3. The zero-order chi connectivity index (χ0) is 10.9. The maximum Gasteiger partial charge on any atom is 0.249 e. The summed E-state index contributed by atoms with van der Waals surface area (Å²) in [7, 11) is 0. The predicted octanol–water partition coefficient (Wildman–Crippen LogP) is 2.54. The van der Waals surface area contributed by atoms with E-state index in [1.807, 2.05) is 6.92 Å². The second-order valence-corrected chi connectivity index (χ2v) is 3.86. The highest BCUT2D eigenvalue weighted by Gasteiger charge is 2.18. The van der Waals surface area contributed by atoms with E-state index in [9.17, 15) is 0 Å². The van der Waals surface area contributed by atoms with Crippen molar-refractivity contribution in [1.82, 2.24) is 9.78 Å². The summed E-state index contributed by atoms with van der Waals surface area (Å²) in [6.45, 7) is 15.1. The average Bonchev–Trinajstić information content (AvgIpc) is 2.40. The van der Waals surface area contributed by atoms with Crippen LogP contribution in [0.15, 0.2) is 0 Å². The molecule has 1 aromatic heterocycles. The van der Waals surface area contributed by atoms with Crippen molar-refractivity contribution in [1.29, 1.82) is 0 Å². The van der Waals surface area contributed by atoms with E-state index >= 15 is 0 Å². The lowest BCUT2D eigenvalue weighted by Gasteiger charge is -2.17. The Morgan fingerprint density at radius 2 is 2.00 bits per heavy atom. The van der Waals surface area contributed by atoms with Crippen molar-refractivity contribution < 1.29 is 0 Å². The Kier molecular flexibility index (Phi) is 2.80. The zero-order valence-corrected chi connectivity index (χ0v) is 9.07. The molecule has 0 aliphatic rings. The fourth-order valence-electron chi connectivity index (χ4n) is 1.29. The number of nitrogen functional groups attached to an aromatic ring is 1. The third-order valence-electron chi connectivity index (χ3n) is 2.55. The van der Waals surface area contributed by atoms with Gasteiger partial charge in [-0.15, -0.1) is 0 Å². The molecule has 0 saturated heterocycles. The Bertz CT molecular complexity index is 370. The molecule has 0 fully saturated rings. The van der Waals surface area contributed by atoms with Crippen LogP contribution >= 0.6 is 0 Å². The summed E-state index contributed by atoms with van der Waals surface area (Å²) in [5, 5.41) is 4.28. The molecule has 0 aliphatic carbocycles. The maximum absolute atomic E-state index is 6.98. The van der Waals surface area contributed by atoms with Gasteiger partial charge in [0.25, 0.3) is 0 Å². The molecule has 4 nitrogen and oxygen atoms in total. The molecule has 1 atom stereocenters. The molecule has 1 heterocycles. The quantitative estimate of drug-likeness (QED) is 0.732. The Labute approximate surface area is 84.5 Å². The van der Waals surface area contributed by atoms with E-state index < -0.39 is 0 Å². The van der Waals surface area contributed by atoms with Gasteiger partial charge >= 0.3 is 0 Å². The van der Waals surface area contributed by atoms with Gasteiger partial charge < -0.3 is 5.73 Å². The molecule has 4 heteroatoms. The molecule has 76 valence electrons. The van der Waals surface area contributed by atoms with Crippen LogP contribution in [0.2, 0.25) is 0 Å². The molecular formula is C10H16N4.